The van der Waals surface area contributed by atoms with Crippen LogP contribution in [0.2, 0.25) is 0 Å². The number of aryl methyl sites for hydroxylation is 1. The minimum atomic E-state index is 0.620. The number of fused-ring (bicyclic) bond motifs is 3. The quantitative estimate of drug-likeness (QED) is 0.670. The van der Waals surface area contributed by atoms with Gasteiger partial charge >= 0.3 is 0 Å². The molecule has 0 spiro atoms. The normalized spacial score (nSPS) is 15.2. The van der Waals surface area contributed by atoms with Gasteiger partial charge in [-0.05, 0) is 24.6 Å². The lowest BCUT2D eigenvalue weighted by Gasteiger charge is -2.25. The van der Waals surface area contributed by atoms with E-state index in [-0.39, 0.29) is 0 Å². The van der Waals surface area contributed by atoms with Crippen molar-refractivity contribution >= 4 is 23.1 Å². The molecule has 1 N–H and O–H groups in total. The van der Waals surface area contributed by atoms with Gasteiger partial charge in [0.2, 0.25) is 0 Å². The summed E-state index contributed by atoms with van der Waals surface area (Å²) in [5, 5.41) is 3.46. The summed E-state index contributed by atoms with van der Waals surface area (Å²) < 4.78 is 11.3. The smallest absolute Gasteiger partial charge is 0.163 e. The van der Waals surface area contributed by atoms with Crippen LogP contribution in [0.1, 0.15) is 5.56 Å². The summed E-state index contributed by atoms with van der Waals surface area (Å²) in [7, 11) is 0. The highest BCUT2D eigenvalue weighted by Gasteiger charge is 2.21. The zero-order chi connectivity index (χ0) is 12.8. The Bertz CT molecular complexity index is 669. The first-order valence-electron chi connectivity index (χ1n) is 6.29. The van der Waals surface area contributed by atoms with Gasteiger partial charge in [-0.2, -0.15) is 0 Å². The van der Waals surface area contributed by atoms with E-state index >= 15 is 0 Å². The highest BCUT2D eigenvalue weighted by Crippen LogP contribution is 2.48. The fraction of sp³-hybridized carbons (Fsp3) is 0.200. The van der Waals surface area contributed by atoms with Crippen LogP contribution in [0.3, 0.4) is 0 Å². The maximum atomic E-state index is 5.64. The van der Waals surface area contributed by atoms with Gasteiger partial charge in [-0.1, -0.05) is 17.8 Å². The molecule has 4 heteroatoms. The molecule has 96 valence electrons. The van der Waals surface area contributed by atoms with Gasteiger partial charge in [-0.3, -0.25) is 0 Å². The van der Waals surface area contributed by atoms with Gasteiger partial charge in [-0.25, -0.2) is 0 Å². The van der Waals surface area contributed by atoms with Crippen molar-refractivity contribution in [2.24, 2.45) is 0 Å². The highest BCUT2D eigenvalue weighted by molar-refractivity contribution is 7.99. The third-order valence-electron chi connectivity index (χ3n) is 3.27. The fourth-order valence-electron chi connectivity index (χ4n) is 2.33. The monoisotopic (exact) mass is 271 g/mol. The lowest BCUT2D eigenvalue weighted by atomic mass is 10.2. The van der Waals surface area contributed by atoms with Crippen molar-refractivity contribution in [3.63, 3.8) is 0 Å². The zero-order valence-electron chi connectivity index (χ0n) is 10.5. The molecule has 0 atom stereocenters. The molecule has 0 unspecified atom stereocenters. The van der Waals surface area contributed by atoms with Crippen LogP contribution in [0.15, 0.2) is 40.1 Å². The van der Waals surface area contributed by atoms with E-state index in [0.717, 1.165) is 22.9 Å². The van der Waals surface area contributed by atoms with E-state index in [1.54, 1.807) is 11.8 Å². The molecule has 19 heavy (non-hydrogen) atoms. The van der Waals surface area contributed by atoms with Crippen LogP contribution in [0.5, 0.6) is 11.5 Å². The number of hydrogen-bond donors (Lipinski definition) is 1. The van der Waals surface area contributed by atoms with E-state index in [9.17, 15) is 0 Å². The summed E-state index contributed by atoms with van der Waals surface area (Å²) in [4.78, 5) is 2.44. The van der Waals surface area contributed by atoms with Gasteiger partial charge in [0.05, 0.1) is 11.4 Å². The molecule has 3 nitrogen and oxygen atoms in total. The van der Waals surface area contributed by atoms with Gasteiger partial charge in [0, 0.05) is 21.9 Å². The summed E-state index contributed by atoms with van der Waals surface area (Å²) in [6.45, 7) is 3.36. The fourth-order valence-corrected chi connectivity index (χ4v) is 3.43. The van der Waals surface area contributed by atoms with E-state index in [4.69, 9.17) is 9.47 Å². The second-order valence-electron chi connectivity index (χ2n) is 4.72. The van der Waals surface area contributed by atoms with Gasteiger partial charge in [0.1, 0.15) is 13.2 Å². The lowest BCUT2D eigenvalue weighted by Crippen LogP contribution is -2.16. The van der Waals surface area contributed by atoms with Gasteiger partial charge in [0.25, 0.3) is 0 Å². The standard InChI is InChI=1S/C15H13NO2S/c1-9-2-3-10-14(6-9)19-15-8-13-12(7-11(15)16-10)17-4-5-18-13/h2-3,6-8,16H,4-5H2,1H3. The Hall–Kier alpha value is -1.81. The molecule has 0 bridgehead atoms. The maximum absolute atomic E-state index is 5.64. The van der Waals surface area contributed by atoms with Crippen LogP contribution in [-0.4, -0.2) is 13.2 Å². The molecule has 2 aromatic carbocycles. The Morgan fingerprint density at radius 2 is 1.68 bits per heavy atom. The van der Waals surface area contributed by atoms with Crippen molar-refractivity contribution in [3.8, 4) is 11.5 Å². The predicted octanol–water partition coefficient (Wildman–Crippen LogP) is 3.97. The summed E-state index contributed by atoms with van der Waals surface area (Å²) in [6, 6.07) is 10.5. The van der Waals surface area contributed by atoms with Crippen molar-refractivity contribution < 1.29 is 9.47 Å². The molecular formula is C15H13NO2S. The van der Waals surface area contributed by atoms with Gasteiger partial charge in [-0.15, -0.1) is 0 Å². The van der Waals surface area contributed by atoms with Crippen molar-refractivity contribution in [2.45, 2.75) is 16.7 Å². The van der Waals surface area contributed by atoms with Crippen LogP contribution < -0.4 is 14.8 Å². The first kappa shape index (κ1) is 11.1. The molecule has 0 saturated heterocycles. The minimum absolute atomic E-state index is 0.620. The van der Waals surface area contributed by atoms with Crippen LogP contribution in [0, 0.1) is 6.92 Å². The second kappa shape index (κ2) is 4.10. The Labute approximate surface area is 115 Å². The maximum Gasteiger partial charge on any atom is 0.163 e. The largest absolute Gasteiger partial charge is 0.486 e. The molecule has 0 fully saturated rings. The summed E-state index contributed by atoms with van der Waals surface area (Å²) in [6.07, 6.45) is 0. The summed E-state index contributed by atoms with van der Waals surface area (Å²) in [5.74, 6) is 1.67. The number of hydrogen-bond acceptors (Lipinski definition) is 4. The molecule has 4 rings (SSSR count). The molecule has 2 aliphatic heterocycles. The molecule has 0 amide bonds. The van der Waals surface area contributed by atoms with Crippen molar-refractivity contribution in [1.82, 2.24) is 0 Å². The Morgan fingerprint density at radius 3 is 2.53 bits per heavy atom. The average molecular weight is 271 g/mol. The van der Waals surface area contributed by atoms with E-state index < -0.39 is 0 Å². The van der Waals surface area contributed by atoms with Crippen molar-refractivity contribution in [1.29, 1.82) is 0 Å². The summed E-state index contributed by atoms with van der Waals surface area (Å²) >= 11 is 1.77. The zero-order valence-corrected chi connectivity index (χ0v) is 11.3. The van der Waals surface area contributed by atoms with Crippen molar-refractivity contribution in [2.75, 3.05) is 18.5 Å². The number of nitrogens with one attached hydrogen (secondary N) is 1. The second-order valence-corrected chi connectivity index (χ2v) is 5.80. The van der Waals surface area contributed by atoms with Crippen LogP contribution in [-0.2, 0) is 0 Å². The van der Waals surface area contributed by atoms with Gasteiger partial charge < -0.3 is 14.8 Å². The lowest BCUT2D eigenvalue weighted by molar-refractivity contribution is 0.171. The van der Waals surface area contributed by atoms with Crippen LogP contribution in [0.25, 0.3) is 0 Å². The Morgan fingerprint density at radius 1 is 0.947 bits per heavy atom. The minimum Gasteiger partial charge on any atom is -0.486 e. The van der Waals surface area contributed by atoms with E-state index in [2.05, 4.69) is 36.5 Å². The Kier molecular flexibility index (Phi) is 2.38. The molecule has 2 heterocycles. The van der Waals surface area contributed by atoms with E-state index in [1.807, 2.05) is 6.07 Å². The molecule has 0 radical (unpaired) electrons. The molecule has 0 saturated carbocycles. The van der Waals surface area contributed by atoms with E-state index in [1.165, 1.54) is 15.4 Å². The first-order chi connectivity index (χ1) is 9.29. The summed E-state index contributed by atoms with van der Waals surface area (Å²) in [5.41, 5.74) is 3.51. The van der Waals surface area contributed by atoms with Gasteiger partial charge in [0.15, 0.2) is 11.5 Å². The molecule has 2 aliphatic rings. The molecule has 0 aromatic heterocycles. The highest BCUT2D eigenvalue weighted by atomic mass is 32.2. The average Bonchev–Trinajstić information content (AvgIpc) is 2.43. The number of anilines is 2. The SMILES string of the molecule is Cc1ccc2c(c1)Sc1cc3c(cc1N2)OCCO3. The van der Waals surface area contributed by atoms with Crippen LogP contribution in [0.4, 0.5) is 11.4 Å². The third-order valence-corrected chi connectivity index (χ3v) is 4.39. The Balaban J connectivity index is 1.80. The number of benzene rings is 2. The molecule has 0 aliphatic carbocycles. The third kappa shape index (κ3) is 1.83. The number of rotatable bonds is 0. The number of ether oxygens (including phenoxy) is 2. The topological polar surface area (TPSA) is 30.5 Å². The van der Waals surface area contributed by atoms with Crippen molar-refractivity contribution in [3.05, 3.63) is 35.9 Å². The molecule has 2 aromatic rings. The van der Waals surface area contributed by atoms with E-state index in [0.29, 0.717) is 13.2 Å². The molecular weight excluding hydrogens is 258 g/mol. The van der Waals surface area contributed by atoms with Crippen LogP contribution >= 0.6 is 11.8 Å². The predicted molar refractivity (Wildman–Crippen MR) is 76.0 cm³/mol. The first-order valence-corrected chi connectivity index (χ1v) is 7.10.